The van der Waals surface area contributed by atoms with Gasteiger partial charge in [0.25, 0.3) is 23.2 Å². The number of amides is 2. The van der Waals surface area contributed by atoms with Gasteiger partial charge < -0.3 is 21.3 Å². The van der Waals surface area contributed by atoms with E-state index in [2.05, 4.69) is 26.3 Å². The van der Waals surface area contributed by atoms with Crippen LogP contribution in [0.25, 0.3) is 0 Å². The maximum absolute atomic E-state index is 12.4. The molecule has 3 rings (SSSR count). The Morgan fingerprint density at radius 1 is 0.639 bits per heavy atom. The fourth-order valence-electron chi connectivity index (χ4n) is 3.04. The normalized spacial score (nSPS) is 10.2. The van der Waals surface area contributed by atoms with E-state index in [1.54, 1.807) is 30.3 Å². The number of nitrogens with one attached hydrogen (secondary N) is 4. The Bertz CT molecular complexity index is 1140. The summed E-state index contributed by atoms with van der Waals surface area (Å²) >= 11 is 0. The number of non-ortho nitro benzene ring substituents is 2. The molecule has 0 aliphatic rings. The minimum Gasteiger partial charge on any atom is -0.383 e. The van der Waals surface area contributed by atoms with Gasteiger partial charge in [0.15, 0.2) is 0 Å². The molecule has 0 saturated carbocycles. The van der Waals surface area contributed by atoms with Gasteiger partial charge in [-0.25, -0.2) is 4.98 Å². The number of nitro groups is 2. The first-order valence-corrected chi connectivity index (χ1v) is 10.8. The zero-order valence-electron chi connectivity index (χ0n) is 19.0. The van der Waals surface area contributed by atoms with Crippen molar-refractivity contribution < 1.29 is 19.4 Å². The average Bonchev–Trinajstić information content (AvgIpc) is 2.89. The van der Waals surface area contributed by atoms with Gasteiger partial charge in [-0.2, -0.15) is 0 Å². The lowest BCUT2D eigenvalue weighted by Crippen LogP contribution is -2.31. The van der Waals surface area contributed by atoms with E-state index in [0.29, 0.717) is 24.5 Å². The summed E-state index contributed by atoms with van der Waals surface area (Å²) in [6, 6.07) is 16.4. The molecule has 0 fully saturated rings. The van der Waals surface area contributed by atoms with Crippen LogP contribution in [0, 0.1) is 20.2 Å². The van der Waals surface area contributed by atoms with E-state index in [1.165, 1.54) is 36.4 Å². The van der Waals surface area contributed by atoms with Crippen LogP contribution in [-0.4, -0.2) is 52.8 Å². The highest BCUT2D eigenvalue weighted by Gasteiger charge is 2.12. The standard InChI is InChI=1S/C23H23N7O6/c31-22(26-14-12-24-16-4-8-18(9-5-16)29(33)34)20-2-1-3-21(28-20)23(32)27-15-13-25-17-6-10-19(11-7-17)30(35)36/h1-11,24-25H,12-15H2,(H,26,31)(H,27,32). The first kappa shape index (κ1) is 25.6. The van der Waals surface area contributed by atoms with Crippen LogP contribution < -0.4 is 21.3 Å². The van der Waals surface area contributed by atoms with Crippen molar-refractivity contribution >= 4 is 34.6 Å². The van der Waals surface area contributed by atoms with Gasteiger partial charge in [0, 0.05) is 61.8 Å². The van der Waals surface area contributed by atoms with Crippen LogP contribution >= 0.6 is 0 Å². The van der Waals surface area contributed by atoms with E-state index in [1.807, 2.05) is 0 Å². The third kappa shape index (κ3) is 7.48. The number of carbonyl (C=O) groups excluding carboxylic acids is 2. The van der Waals surface area contributed by atoms with Crippen LogP contribution in [0.15, 0.2) is 66.7 Å². The predicted octanol–water partition coefficient (Wildman–Crippen LogP) is 2.58. The molecule has 2 aromatic carbocycles. The van der Waals surface area contributed by atoms with Crippen molar-refractivity contribution in [3.8, 4) is 0 Å². The molecule has 0 spiro atoms. The van der Waals surface area contributed by atoms with Crippen molar-refractivity contribution in [3.05, 3.63) is 98.3 Å². The van der Waals surface area contributed by atoms with Crippen LogP contribution in [0.5, 0.6) is 0 Å². The second-order valence-corrected chi connectivity index (χ2v) is 7.38. The molecule has 0 bridgehead atoms. The van der Waals surface area contributed by atoms with Crippen molar-refractivity contribution in [3.63, 3.8) is 0 Å². The summed E-state index contributed by atoms with van der Waals surface area (Å²) in [6.07, 6.45) is 0. The lowest BCUT2D eigenvalue weighted by Gasteiger charge is -2.09. The molecule has 0 radical (unpaired) electrons. The van der Waals surface area contributed by atoms with Gasteiger partial charge in [0.05, 0.1) is 9.85 Å². The van der Waals surface area contributed by atoms with Crippen LogP contribution in [0.3, 0.4) is 0 Å². The largest absolute Gasteiger partial charge is 0.383 e. The van der Waals surface area contributed by atoms with Gasteiger partial charge >= 0.3 is 0 Å². The predicted molar refractivity (Wildman–Crippen MR) is 132 cm³/mol. The van der Waals surface area contributed by atoms with Crippen molar-refractivity contribution in [2.45, 2.75) is 0 Å². The molecule has 0 saturated heterocycles. The summed E-state index contributed by atoms with van der Waals surface area (Å²) in [5.41, 5.74) is 1.50. The number of nitrogens with zero attached hydrogens (tertiary/aromatic N) is 3. The van der Waals surface area contributed by atoms with Crippen LogP contribution in [-0.2, 0) is 0 Å². The van der Waals surface area contributed by atoms with Crippen molar-refractivity contribution in [1.29, 1.82) is 0 Å². The molecule has 186 valence electrons. The number of benzene rings is 2. The molecule has 4 N–H and O–H groups in total. The summed E-state index contributed by atoms with van der Waals surface area (Å²) in [7, 11) is 0. The fourth-order valence-corrected chi connectivity index (χ4v) is 3.04. The summed E-state index contributed by atoms with van der Waals surface area (Å²) in [6.45, 7) is 1.29. The van der Waals surface area contributed by atoms with Crippen molar-refractivity contribution in [2.24, 2.45) is 0 Å². The number of rotatable bonds is 12. The third-order valence-corrected chi connectivity index (χ3v) is 4.85. The molecule has 36 heavy (non-hydrogen) atoms. The molecule has 13 heteroatoms. The van der Waals surface area contributed by atoms with Gasteiger partial charge in [-0.3, -0.25) is 29.8 Å². The quantitative estimate of drug-likeness (QED) is 0.167. The first-order valence-electron chi connectivity index (χ1n) is 10.8. The molecular weight excluding hydrogens is 470 g/mol. The zero-order chi connectivity index (χ0) is 25.9. The average molecular weight is 493 g/mol. The smallest absolute Gasteiger partial charge is 0.269 e. The van der Waals surface area contributed by atoms with Crippen LogP contribution in [0.4, 0.5) is 22.7 Å². The van der Waals surface area contributed by atoms with Crippen molar-refractivity contribution in [1.82, 2.24) is 15.6 Å². The Hall–Kier alpha value is -5.07. The monoisotopic (exact) mass is 493 g/mol. The van der Waals surface area contributed by atoms with E-state index in [-0.39, 0.29) is 35.9 Å². The molecule has 0 aliphatic carbocycles. The second-order valence-electron chi connectivity index (χ2n) is 7.38. The molecule has 3 aromatic rings. The molecule has 2 amide bonds. The third-order valence-electron chi connectivity index (χ3n) is 4.85. The Morgan fingerprint density at radius 3 is 1.39 bits per heavy atom. The van der Waals surface area contributed by atoms with Gasteiger partial charge in [-0.05, 0) is 36.4 Å². The molecule has 0 aliphatic heterocycles. The molecule has 1 aromatic heterocycles. The molecular formula is C23H23N7O6. The number of pyridine rings is 1. The number of nitro benzene ring substituents is 2. The molecule has 13 nitrogen and oxygen atoms in total. The summed E-state index contributed by atoms with van der Waals surface area (Å²) in [5, 5.41) is 32.8. The Morgan fingerprint density at radius 2 is 1.03 bits per heavy atom. The Balaban J connectivity index is 1.40. The fraction of sp³-hybridized carbons (Fsp3) is 0.174. The Labute approximate surface area is 205 Å². The number of carbonyl (C=O) groups is 2. The van der Waals surface area contributed by atoms with Gasteiger partial charge in [0.2, 0.25) is 0 Å². The molecule has 1 heterocycles. The number of aromatic nitrogens is 1. The SMILES string of the molecule is O=C(NCCNc1ccc([N+](=O)[O-])cc1)c1cccc(C(=O)NCCNc2ccc([N+](=O)[O-])cc2)n1. The summed E-state index contributed by atoms with van der Waals surface area (Å²) < 4.78 is 0. The van der Waals surface area contributed by atoms with E-state index < -0.39 is 21.7 Å². The minimum atomic E-state index is -0.482. The van der Waals surface area contributed by atoms with Crippen LogP contribution in [0.2, 0.25) is 0 Å². The van der Waals surface area contributed by atoms with Crippen LogP contribution in [0.1, 0.15) is 21.0 Å². The summed E-state index contributed by atoms with van der Waals surface area (Å²) in [4.78, 5) is 49.3. The lowest BCUT2D eigenvalue weighted by molar-refractivity contribution is -0.385. The topological polar surface area (TPSA) is 181 Å². The van der Waals surface area contributed by atoms with E-state index in [0.717, 1.165) is 0 Å². The zero-order valence-corrected chi connectivity index (χ0v) is 19.0. The van der Waals surface area contributed by atoms with Gasteiger partial charge in [-0.15, -0.1) is 0 Å². The first-order chi connectivity index (χ1) is 17.3. The highest BCUT2D eigenvalue weighted by Crippen LogP contribution is 2.15. The van der Waals surface area contributed by atoms with E-state index in [4.69, 9.17) is 0 Å². The number of anilines is 2. The van der Waals surface area contributed by atoms with E-state index in [9.17, 15) is 29.8 Å². The highest BCUT2D eigenvalue weighted by atomic mass is 16.6. The second kappa shape index (κ2) is 12.4. The Kier molecular flexibility index (Phi) is 8.81. The number of hydrogen-bond donors (Lipinski definition) is 4. The maximum Gasteiger partial charge on any atom is 0.269 e. The molecule has 0 atom stereocenters. The maximum atomic E-state index is 12.4. The summed E-state index contributed by atoms with van der Waals surface area (Å²) in [5.74, 6) is -0.898. The van der Waals surface area contributed by atoms with Crippen molar-refractivity contribution in [2.75, 3.05) is 36.8 Å². The van der Waals surface area contributed by atoms with E-state index >= 15 is 0 Å². The van der Waals surface area contributed by atoms with Gasteiger partial charge in [0.1, 0.15) is 11.4 Å². The highest BCUT2D eigenvalue weighted by molar-refractivity contribution is 5.96. The molecule has 0 unspecified atom stereocenters. The minimum absolute atomic E-state index is 0.00963. The van der Waals surface area contributed by atoms with Gasteiger partial charge in [-0.1, -0.05) is 6.07 Å². The lowest BCUT2D eigenvalue weighted by atomic mass is 10.2. The number of hydrogen-bond acceptors (Lipinski definition) is 9.